The minimum atomic E-state index is 0.355. The normalized spacial score (nSPS) is 10.5. The topological polar surface area (TPSA) is 90.9 Å². The largest absolute Gasteiger partial charge is 0.374 e. The van der Waals surface area contributed by atoms with Gasteiger partial charge in [-0.05, 0) is 6.92 Å². The number of rotatable bonds is 5. The van der Waals surface area contributed by atoms with Crippen LogP contribution in [0.3, 0.4) is 0 Å². The smallest absolute Gasteiger partial charge is 0.158 e. The van der Waals surface area contributed by atoms with Crippen LogP contribution in [0.2, 0.25) is 0 Å². The Morgan fingerprint density at radius 1 is 1.47 bits per heavy atom. The van der Waals surface area contributed by atoms with E-state index in [1.165, 1.54) is 0 Å². The van der Waals surface area contributed by atoms with Crippen LogP contribution in [0, 0.1) is 0 Å². The molecular weight excluding hydrogens is 220 g/mol. The first-order valence-electron chi connectivity index (χ1n) is 5.24. The van der Waals surface area contributed by atoms with Gasteiger partial charge in [0.25, 0.3) is 0 Å². The molecule has 0 atom stereocenters. The number of aromatic nitrogens is 4. The van der Waals surface area contributed by atoms with E-state index >= 15 is 0 Å². The average molecular weight is 234 g/mol. The maximum Gasteiger partial charge on any atom is 0.158 e. The maximum absolute atomic E-state index is 5.36. The Labute approximate surface area is 98.6 Å². The van der Waals surface area contributed by atoms with Crippen LogP contribution < -0.4 is 11.3 Å². The molecule has 2 aromatic rings. The van der Waals surface area contributed by atoms with Crippen molar-refractivity contribution in [3.05, 3.63) is 30.6 Å². The van der Waals surface area contributed by atoms with E-state index in [1.807, 2.05) is 6.92 Å². The van der Waals surface area contributed by atoms with Gasteiger partial charge in [0.15, 0.2) is 5.82 Å². The molecule has 0 aromatic carbocycles. The number of hydrogen-bond donors (Lipinski definition) is 2. The minimum Gasteiger partial charge on any atom is -0.374 e. The van der Waals surface area contributed by atoms with E-state index in [4.69, 9.17) is 10.6 Å². The van der Waals surface area contributed by atoms with Gasteiger partial charge in [0.1, 0.15) is 24.6 Å². The van der Waals surface area contributed by atoms with Crippen LogP contribution in [-0.2, 0) is 11.3 Å². The summed E-state index contributed by atoms with van der Waals surface area (Å²) in [4.78, 5) is 12.5. The lowest BCUT2D eigenvalue weighted by Gasteiger charge is -2.07. The van der Waals surface area contributed by atoms with Gasteiger partial charge in [0, 0.05) is 25.1 Å². The number of nitrogens with one attached hydrogen (secondary N) is 1. The second kappa shape index (κ2) is 5.37. The van der Waals surface area contributed by atoms with Crippen molar-refractivity contribution in [3.8, 4) is 5.82 Å². The third-order valence-corrected chi connectivity index (χ3v) is 2.11. The Kier molecular flexibility index (Phi) is 3.63. The number of hydrazine groups is 1. The van der Waals surface area contributed by atoms with Gasteiger partial charge in [-0.15, -0.1) is 0 Å². The van der Waals surface area contributed by atoms with E-state index in [1.54, 1.807) is 29.4 Å². The predicted octanol–water partition coefficient (Wildman–Crippen LogP) is 0.484. The van der Waals surface area contributed by atoms with E-state index < -0.39 is 0 Å². The molecule has 90 valence electrons. The second-order valence-electron chi connectivity index (χ2n) is 3.28. The van der Waals surface area contributed by atoms with E-state index in [0.717, 1.165) is 0 Å². The molecule has 0 aliphatic carbocycles. The summed E-state index contributed by atoms with van der Waals surface area (Å²) in [6.45, 7) is 2.89. The van der Waals surface area contributed by atoms with Crippen molar-refractivity contribution in [3.63, 3.8) is 0 Å². The number of imidazole rings is 1. The molecule has 0 aliphatic heterocycles. The van der Waals surface area contributed by atoms with Crippen LogP contribution in [0.5, 0.6) is 0 Å². The van der Waals surface area contributed by atoms with Gasteiger partial charge in [0.05, 0.1) is 0 Å². The average Bonchev–Trinajstić information content (AvgIpc) is 2.89. The number of nitrogens with zero attached hydrogens (tertiary/aromatic N) is 4. The highest BCUT2D eigenvalue weighted by molar-refractivity contribution is 5.40. The van der Waals surface area contributed by atoms with Crippen LogP contribution in [0.1, 0.15) is 12.7 Å². The molecule has 2 rings (SSSR count). The molecule has 7 heteroatoms. The first kappa shape index (κ1) is 11.5. The molecule has 2 aromatic heterocycles. The second-order valence-corrected chi connectivity index (χ2v) is 3.28. The number of anilines is 1. The van der Waals surface area contributed by atoms with Crippen molar-refractivity contribution in [2.24, 2.45) is 5.84 Å². The summed E-state index contributed by atoms with van der Waals surface area (Å²) in [5.74, 6) is 7.17. The molecule has 0 spiro atoms. The Bertz CT molecular complexity index is 470. The zero-order valence-corrected chi connectivity index (χ0v) is 9.50. The van der Waals surface area contributed by atoms with Crippen LogP contribution in [-0.4, -0.2) is 26.1 Å². The van der Waals surface area contributed by atoms with Gasteiger partial charge in [-0.25, -0.2) is 20.8 Å². The Hall–Kier alpha value is -1.99. The molecular formula is C10H14N6O. The van der Waals surface area contributed by atoms with Gasteiger partial charge < -0.3 is 10.2 Å². The SMILES string of the molecule is CCOCc1nc(NN)cc(-n2ccnc2)n1. The lowest BCUT2D eigenvalue weighted by molar-refractivity contribution is 0.128. The third kappa shape index (κ3) is 2.77. The molecule has 0 saturated carbocycles. The highest BCUT2D eigenvalue weighted by atomic mass is 16.5. The molecule has 7 nitrogen and oxygen atoms in total. The van der Waals surface area contributed by atoms with Crippen molar-refractivity contribution in [1.82, 2.24) is 19.5 Å². The van der Waals surface area contributed by atoms with Crippen molar-refractivity contribution >= 4 is 5.82 Å². The summed E-state index contributed by atoms with van der Waals surface area (Å²) < 4.78 is 7.05. The van der Waals surface area contributed by atoms with Crippen molar-refractivity contribution in [2.75, 3.05) is 12.0 Å². The molecule has 0 radical (unpaired) electrons. The lowest BCUT2D eigenvalue weighted by Crippen LogP contribution is -2.12. The first-order valence-corrected chi connectivity index (χ1v) is 5.24. The third-order valence-electron chi connectivity index (χ3n) is 2.11. The number of nitrogen functional groups attached to an aromatic ring is 1. The Morgan fingerprint density at radius 2 is 2.35 bits per heavy atom. The van der Waals surface area contributed by atoms with Crippen LogP contribution in [0.15, 0.2) is 24.8 Å². The fourth-order valence-corrected chi connectivity index (χ4v) is 1.34. The summed E-state index contributed by atoms with van der Waals surface area (Å²) in [6, 6.07) is 1.73. The van der Waals surface area contributed by atoms with Gasteiger partial charge in [-0.1, -0.05) is 0 Å². The Balaban J connectivity index is 2.32. The van der Waals surface area contributed by atoms with E-state index in [-0.39, 0.29) is 0 Å². The molecule has 0 aliphatic rings. The van der Waals surface area contributed by atoms with Crippen molar-refractivity contribution < 1.29 is 4.74 Å². The summed E-state index contributed by atoms with van der Waals surface area (Å²) in [7, 11) is 0. The van der Waals surface area contributed by atoms with Crippen molar-refractivity contribution in [2.45, 2.75) is 13.5 Å². The summed E-state index contributed by atoms with van der Waals surface area (Å²) in [6.07, 6.45) is 5.14. The van der Waals surface area contributed by atoms with Gasteiger partial charge in [-0.2, -0.15) is 0 Å². The van der Waals surface area contributed by atoms with Crippen molar-refractivity contribution in [1.29, 1.82) is 0 Å². The quantitative estimate of drug-likeness (QED) is 0.577. The van der Waals surface area contributed by atoms with Crippen LogP contribution >= 0.6 is 0 Å². The fraction of sp³-hybridized carbons (Fsp3) is 0.300. The zero-order valence-electron chi connectivity index (χ0n) is 9.50. The highest BCUT2D eigenvalue weighted by Crippen LogP contribution is 2.10. The van der Waals surface area contributed by atoms with Gasteiger partial charge in [0.2, 0.25) is 0 Å². The monoisotopic (exact) mass is 234 g/mol. The number of hydrogen-bond acceptors (Lipinski definition) is 6. The summed E-state index contributed by atoms with van der Waals surface area (Å²) in [5, 5.41) is 0. The molecule has 0 saturated heterocycles. The molecule has 3 N–H and O–H groups in total. The molecule has 0 fully saturated rings. The van der Waals surface area contributed by atoms with Gasteiger partial charge >= 0.3 is 0 Å². The molecule has 0 unspecified atom stereocenters. The van der Waals surface area contributed by atoms with Gasteiger partial charge in [-0.3, -0.25) is 4.57 Å². The van der Waals surface area contributed by atoms with E-state index in [2.05, 4.69) is 20.4 Å². The molecule has 17 heavy (non-hydrogen) atoms. The summed E-state index contributed by atoms with van der Waals surface area (Å²) >= 11 is 0. The predicted molar refractivity (Wildman–Crippen MR) is 62.3 cm³/mol. The lowest BCUT2D eigenvalue weighted by atomic mass is 10.5. The molecule has 2 heterocycles. The first-order chi connectivity index (χ1) is 8.33. The molecule has 0 amide bonds. The highest BCUT2D eigenvalue weighted by Gasteiger charge is 2.05. The molecule has 0 bridgehead atoms. The fourth-order valence-electron chi connectivity index (χ4n) is 1.34. The number of ether oxygens (including phenoxy) is 1. The van der Waals surface area contributed by atoms with Crippen LogP contribution in [0.25, 0.3) is 5.82 Å². The Morgan fingerprint density at radius 3 is 3.00 bits per heavy atom. The minimum absolute atomic E-state index is 0.355. The maximum atomic E-state index is 5.36. The number of nitrogens with two attached hydrogens (primary N) is 1. The van der Waals surface area contributed by atoms with E-state index in [0.29, 0.717) is 30.7 Å². The zero-order chi connectivity index (χ0) is 12.1. The van der Waals surface area contributed by atoms with Crippen LogP contribution in [0.4, 0.5) is 5.82 Å². The van der Waals surface area contributed by atoms with E-state index in [9.17, 15) is 0 Å². The standard InChI is InChI=1S/C10H14N6O/c1-2-17-6-9-13-8(15-11)5-10(14-9)16-4-3-12-7-16/h3-5,7H,2,6,11H2,1H3,(H,13,14,15). The summed E-state index contributed by atoms with van der Waals surface area (Å²) in [5.41, 5.74) is 2.51.